The predicted octanol–water partition coefficient (Wildman–Crippen LogP) is 3.62. The van der Waals surface area contributed by atoms with Crippen LogP contribution in [0.4, 0.5) is 0 Å². The van der Waals surface area contributed by atoms with Gasteiger partial charge in [0.05, 0.1) is 6.61 Å². The number of amides is 1. The summed E-state index contributed by atoms with van der Waals surface area (Å²) in [6.07, 6.45) is 0. The molecule has 0 atom stereocenters. The lowest BCUT2D eigenvalue weighted by atomic mass is 10.1. The van der Waals surface area contributed by atoms with Crippen molar-refractivity contribution in [1.82, 2.24) is 10.2 Å². The van der Waals surface area contributed by atoms with E-state index >= 15 is 0 Å². The van der Waals surface area contributed by atoms with Crippen molar-refractivity contribution in [2.24, 2.45) is 0 Å². The zero-order valence-corrected chi connectivity index (χ0v) is 16.5. The van der Waals surface area contributed by atoms with Crippen LogP contribution in [0.15, 0.2) is 48.5 Å². The van der Waals surface area contributed by atoms with E-state index < -0.39 is 0 Å². The minimum Gasteiger partial charge on any atom is -0.490 e. The molecule has 1 N–H and O–H groups in total. The normalized spacial score (nSPS) is 10.7. The molecular weight excluding hydrogens is 340 g/mol. The smallest absolute Gasteiger partial charge is 0.258 e. The first-order valence-electron chi connectivity index (χ1n) is 9.57. The molecule has 0 spiro atoms. The molecule has 5 nitrogen and oxygen atoms in total. The molecule has 2 aromatic carbocycles. The third-order valence-corrected chi connectivity index (χ3v) is 4.32. The number of nitrogens with one attached hydrogen (secondary N) is 1. The molecule has 0 heterocycles. The first-order valence-corrected chi connectivity index (χ1v) is 9.57. The van der Waals surface area contributed by atoms with Crippen molar-refractivity contribution in [2.45, 2.75) is 33.9 Å². The van der Waals surface area contributed by atoms with Gasteiger partial charge in [0, 0.05) is 13.1 Å². The van der Waals surface area contributed by atoms with Crippen LogP contribution < -0.4 is 14.8 Å². The zero-order chi connectivity index (χ0) is 19.5. The number of hydrogen-bond donors (Lipinski definition) is 1. The van der Waals surface area contributed by atoms with Crippen LogP contribution in [0, 0.1) is 0 Å². The van der Waals surface area contributed by atoms with Crippen molar-refractivity contribution >= 4 is 5.91 Å². The van der Waals surface area contributed by atoms with Gasteiger partial charge in [-0.1, -0.05) is 50.2 Å². The second-order valence-corrected chi connectivity index (χ2v) is 6.22. The van der Waals surface area contributed by atoms with Gasteiger partial charge in [0.1, 0.15) is 0 Å². The Hall–Kier alpha value is -2.53. The van der Waals surface area contributed by atoms with Gasteiger partial charge in [0.2, 0.25) is 0 Å². The molecule has 27 heavy (non-hydrogen) atoms. The van der Waals surface area contributed by atoms with E-state index in [9.17, 15) is 4.79 Å². The standard InChI is InChI=1S/C22H30N2O3/c1-4-24(5-2)16-19-13-11-18(12-14-19)15-23-22(25)17-27-21-10-8-7-9-20(21)26-6-3/h7-14H,4-6,15-17H2,1-3H3,(H,23,25). The summed E-state index contributed by atoms with van der Waals surface area (Å²) in [6.45, 7) is 10.3. The first kappa shape index (κ1) is 20.8. The lowest BCUT2D eigenvalue weighted by Gasteiger charge is -2.18. The molecule has 2 aromatic rings. The molecule has 0 fully saturated rings. The maximum absolute atomic E-state index is 12.1. The quantitative estimate of drug-likeness (QED) is 0.656. The van der Waals surface area contributed by atoms with E-state index in [0.717, 1.165) is 25.2 Å². The highest BCUT2D eigenvalue weighted by molar-refractivity contribution is 5.77. The van der Waals surface area contributed by atoms with Gasteiger partial charge in [-0.15, -0.1) is 0 Å². The second-order valence-electron chi connectivity index (χ2n) is 6.22. The van der Waals surface area contributed by atoms with Crippen LogP contribution in [0.5, 0.6) is 11.5 Å². The monoisotopic (exact) mass is 370 g/mol. The van der Waals surface area contributed by atoms with Crippen LogP contribution in [0.25, 0.3) is 0 Å². The minimum absolute atomic E-state index is 0.0376. The highest BCUT2D eigenvalue weighted by Gasteiger charge is 2.07. The molecule has 0 aliphatic heterocycles. The van der Waals surface area contributed by atoms with E-state index in [1.807, 2.05) is 25.1 Å². The Morgan fingerprint density at radius 3 is 2.07 bits per heavy atom. The third-order valence-electron chi connectivity index (χ3n) is 4.32. The van der Waals surface area contributed by atoms with Crippen LogP contribution >= 0.6 is 0 Å². The average Bonchev–Trinajstić information content (AvgIpc) is 2.71. The topological polar surface area (TPSA) is 50.8 Å². The van der Waals surface area contributed by atoms with Crippen LogP contribution in [0.3, 0.4) is 0 Å². The zero-order valence-electron chi connectivity index (χ0n) is 16.5. The molecule has 1 amide bonds. The Labute approximate surface area is 162 Å². The van der Waals surface area contributed by atoms with Crippen molar-refractivity contribution < 1.29 is 14.3 Å². The van der Waals surface area contributed by atoms with E-state index in [4.69, 9.17) is 9.47 Å². The SMILES string of the molecule is CCOc1ccccc1OCC(=O)NCc1ccc(CN(CC)CC)cc1. The number of nitrogens with zero attached hydrogens (tertiary/aromatic N) is 1. The Balaban J connectivity index is 1.78. The van der Waals surface area contributed by atoms with Gasteiger partial charge < -0.3 is 14.8 Å². The van der Waals surface area contributed by atoms with E-state index in [-0.39, 0.29) is 12.5 Å². The van der Waals surface area contributed by atoms with Gasteiger partial charge in [0.15, 0.2) is 18.1 Å². The number of carbonyl (C=O) groups excluding carboxylic acids is 1. The maximum Gasteiger partial charge on any atom is 0.258 e. The third kappa shape index (κ3) is 6.94. The van der Waals surface area contributed by atoms with Crippen molar-refractivity contribution in [3.8, 4) is 11.5 Å². The summed E-state index contributed by atoms with van der Waals surface area (Å²) in [7, 11) is 0. The van der Waals surface area contributed by atoms with Crippen molar-refractivity contribution in [1.29, 1.82) is 0 Å². The van der Waals surface area contributed by atoms with Crippen molar-refractivity contribution in [2.75, 3.05) is 26.3 Å². The number of rotatable bonds is 11. The van der Waals surface area contributed by atoms with E-state index in [1.54, 1.807) is 6.07 Å². The molecule has 2 rings (SSSR count). The Morgan fingerprint density at radius 2 is 1.48 bits per heavy atom. The van der Waals surface area contributed by atoms with E-state index in [0.29, 0.717) is 24.7 Å². The highest BCUT2D eigenvalue weighted by atomic mass is 16.5. The van der Waals surface area contributed by atoms with Crippen LogP contribution in [-0.2, 0) is 17.9 Å². The summed E-state index contributed by atoms with van der Waals surface area (Å²) in [5.41, 5.74) is 2.35. The van der Waals surface area contributed by atoms with Gasteiger partial charge in [0.25, 0.3) is 5.91 Å². The number of para-hydroxylation sites is 2. The summed E-state index contributed by atoms with van der Waals surface area (Å²) >= 11 is 0. The van der Waals surface area contributed by atoms with E-state index in [2.05, 4.69) is 48.3 Å². The number of benzene rings is 2. The summed E-state index contributed by atoms with van der Waals surface area (Å²) in [6, 6.07) is 15.7. The molecule has 0 aliphatic rings. The summed E-state index contributed by atoms with van der Waals surface area (Å²) < 4.78 is 11.1. The fourth-order valence-electron chi connectivity index (χ4n) is 2.71. The molecule has 0 saturated carbocycles. The molecule has 0 aliphatic carbocycles. The number of ether oxygens (including phenoxy) is 2. The Bertz CT molecular complexity index is 697. The number of hydrogen-bond acceptors (Lipinski definition) is 4. The maximum atomic E-state index is 12.1. The lowest BCUT2D eigenvalue weighted by molar-refractivity contribution is -0.123. The predicted molar refractivity (Wildman–Crippen MR) is 108 cm³/mol. The molecule has 0 aromatic heterocycles. The second kappa shape index (κ2) is 11.2. The molecule has 0 saturated heterocycles. The van der Waals surface area contributed by atoms with E-state index in [1.165, 1.54) is 5.56 Å². The van der Waals surface area contributed by atoms with Gasteiger partial charge in [-0.25, -0.2) is 0 Å². The van der Waals surface area contributed by atoms with Crippen LogP contribution in [0.2, 0.25) is 0 Å². The fourth-order valence-corrected chi connectivity index (χ4v) is 2.71. The first-order chi connectivity index (χ1) is 13.2. The van der Waals surface area contributed by atoms with Gasteiger partial charge in [-0.3, -0.25) is 9.69 Å². The molecule has 0 unspecified atom stereocenters. The van der Waals surface area contributed by atoms with Gasteiger partial charge in [-0.2, -0.15) is 0 Å². The largest absolute Gasteiger partial charge is 0.490 e. The molecule has 0 bridgehead atoms. The highest BCUT2D eigenvalue weighted by Crippen LogP contribution is 2.26. The van der Waals surface area contributed by atoms with Gasteiger partial charge >= 0.3 is 0 Å². The van der Waals surface area contributed by atoms with Gasteiger partial charge in [-0.05, 0) is 43.3 Å². The lowest BCUT2D eigenvalue weighted by Crippen LogP contribution is -2.28. The average molecular weight is 370 g/mol. The summed E-state index contributed by atoms with van der Waals surface area (Å²) in [5, 5.41) is 2.89. The van der Waals surface area contributed by atoms with Crippen LogP contribution in [0.1, 0.15) is 31.9 Å². The number of carbonyl (C=O) groups is 1. The summed E-state index contributed by atoms with van der Waals surface area (Å²) in [4.78, 5) is 14.4. The Morgan fingerprint density at radius 1 is 0.889 bits per heavy atom. The minimum atomic E-state index is -0.159. The Kier molecular flexibility index (Phi) is 8.65. The molecule has 146 valence electrons. The van der Waals surface area contributed by atoms with Crippen molar-refractivity contribution in [3.05, 3.63) is 59.7 Å². The molecular formula is C22H30N2O3. The fraction of sp³-hybridized carbons (Fsp3) is 0.409. The molecule has 0 radical (unpaired) electrons. The molecule has 5 heteroatoms. The van der Waals surface area contributed by atoms with Crippen LogP contribution in [-0.4, -0.2) is 37.1 Å². The summed E-state index contributed by atoms with van der Waals surface area (Å²) in [5.74, 6) is 1.07. The van der Waals surface area contributed by atoms with Crippen molar-refractivity contribution in [3.63, 3.8) is 0 Å².